The van der Waals surface area contributed by atoms with Gasteiger partial charge in [0.05, 0.1) is 6.42 Å². The number of halogens is 1. The molecular weight excluding hydrogens is 288 g/mol. The van der Waals surface area contributed by atoms with Gasteiger partial charge in [-0.25, -0.2) is 0 Å². The minimum atomic E-state index is 0.00961. The second-order valence-corrected chi connectivity index (χ2v) is 6.04. The number of rotatable bonds is 3. The zero-order valence-electron chi connectivity index (χ0n) is 12.5. The highest BCUT2D eigenvalue weighted by Gasteiger charge is 2.25. The highest BCUT2D eigenvalue weighted by atomic mass is 35.5. The molecular formula is C16H21ClN2O2. The lowest BCUT2D eigenvalue weighted by Crippen LogP contribution is -2.51. The smallest absolute Gasteiger partial charge is 0.227 e. The maximum atomic E-state index is 12.3. The lowest BCUT2D eigenvalue weighted by molar-refractivity contribution is -0.141. The first-order valence-corrected chi connectivity index (χ1v) is 7.67. The van der Waals surface area contributed by atoms with Gasteiger partial charge in [-0.15, -0.1) is 0 Å². The topological polar surface area (TPSA) is 40.6 Å². The van der Waals surface area contributed by atoms with Crippen LogP contribution in [0.15, 0.2) is 24.3 Å². The number of hydrogen-bond acceptors (Lipinski definition) is 2. The average Bonchev–Trinajstić information content (AvgIpc) is 2.49. The van der Waals surface area contributed by atoms with Crippen LogP contribution in [-0.2, 0) is 16.0 Å². The van der Waals surface area contributed by atoms with Crippen molar-refractivity contribution in [2.75, 3.05) is 26.2 Å². The van der Waals surface area contributed by atoms with Gasteiger partial charge in [0.2, 0.25) is 11.8 Å². The predicted octanol–water partition coefficient (Wildman–Crippen LogP) is 2.21. The Morgan fingerprint density at radius 3 is 2.24 bits per heavy atom. The monoisotopic (exact) mass is 308 g/mol. The van der Waals surface area contributed by atoms with Gasteiger partial charge in [0.25, 0.3) is 0 Å². The first kappa shape index (κ1) is 15.8. The normalized spacial score (nSPS) is 15.4. The van der Waals surface area contributed by atoms with Crippen molar-refractivity contribution in [2.45, 2.75) is 20.3 Å². The summed E-state index contributed by atoms with van der Waals surface area (Å²) in [6, 6.07) is 7.41. The van der Waals surface area contributed by atoms with Crippen LogP contribution in [0.4, 0.5) is 0 Å². The van der Waals surface area contributed by atoms with Gasteiger partial charge in [-0.05, 0) is 11.6 Å². The molecule has 0 aromatic heterocycles. The van der Waals surface area contributed by atoms with Crippen LogP contribution in [0.3, 0.4) is 0 Å². The maximum absolute atomic E-state index is 12.3. The SMILES string of the molecule is CC(C)C(=O)N1CCN(C(=O)Cc2ccccc2Cl)CC1. The Morgan fingerprint density at radius 2 is 1.67 bits per heavy atom. The molecule has 0 bridgehead atoms. The molecule has 1 aliphatic heterocycles. The van der Waals surface area contributed by atoms with Crippen molar-refractivity contribution < 1.29 is 9.59 Å². The summed E-state index contributed by atoms with van der Waals surface area (Å²) in [5, 5.41) is 0.625. The van der Waals surface area contributed by atoms with Crippen molar-refractivity contribution in [2.24, 2.45) is 5.92 Å². The Balaban J connectivity index is 1.89. The van der Waals surface area contributed by atoms with Crippen LogP contribution in [0, 0.1) is 5.92 Å². The Bertz CT molecular complexity index is 523. The average molecular weight is 309 g/mol. The molecule has 4 nitrogen and oxygen atoms in total. The lowest BCUT2D eigenvalue weighted by atomic mass is 10.1. The zero-order chi connectivity index (χ0) is 15.4. The first-order chi connectivity index (χ1) is 9.99. The predicted molar refractivity (Wildman–Crippen MR) is 83.2 cm³/mol. The summed E-state index contributed by atoms with van der Waals surface area (Å²) in [6.07, 6.45) is 0.317. The van der Waals surface area contributed by atoms with Crippen molar-refractivity contribution in [3.63, 3.8) is 0 Å². The molecule has 2 rings (SSSR count). The Kier molecular flexibility index (Phi) is 5.23. The van der Waals surface area contributed by atoms with Gasteiger partial charge in [-0.3, -0.25) is 9.59 Å². The van der Waals surface area contributed by atoms with E-state index >= 15 is 0 Å². The summed E-state index contributed by atoms with van der Waals surface area (Å²) in [5.41, 5.74) is 0.852. The van der Waals surface area contributed by atoms with Gasteiger partial charge in [0.15, 0.2) is 0 Å². The number of nitrogens with zero attached hydrogens (tertiary/aromatic N) is 2. The molecule has 1 fully saturated rings. The minimum Gasteiger partial charge on any atom is -0.339 e. The van der Waals surface area contributed by atoms with Crippen LogP contribution in [-0.4, -0.2) is 47.8 Å². The lowest BCUT2D eigenvalue weighted by Gasteiger charge is -2.35. The molecule has 0 aliphatic carbocycles. The quantitative estimate of drug-likeness (QED) is 0.859. The molecule has 0 saturated carbocycles. The molecule has 0 spiro atoms. The van der Waals surface area contributed by atoms with E-state index in [0.29, 0.717) is 37.6 Å². The van der Waals surface area contributed by atoms with Crippen molar-refractivity contribution in [1.82, 2.24) is 9.80 Å². The molecule has 21 heavy (non-hydrogen) atoms. The fraction of sp³-hybridized carbons (Fsp3) is 0.500. The summed E-state index contributed by atoms with van der Waals surface area (Å²) < 4.78 is 0. The molecule has 114 valence electrons. The molecule has 1 saturated heterocycles. The number of benzene rings is 1. The van der Waals surface area contributed by atoms with Crippen LogP contribution in [0.1, 0.15) is 19.4 Å². The standard InChI is InChI=1S/C16H21ClN2O2/c1-12(2)16(21)19-9-7-18(8-10-19)15(20)11-13-5-3-4-6-14(13)17/h3-6,12H,7-11H2,1-2H3. The number of amides is 2. The van der Waals surface area contributed by atoms with Gasteiger partial charge in [-0.1, -0.05) is 43.6 Å². The Morgan fingerprint density at radius 1 is 1.10 bits per heavy atom. The van der Waals surface area contributed by atoms with Crippen LogP contribution in [0.25, 0.3) is 0 Å². The van der Waals surface area contributed by atoms with E-state index in [1.54, 1.807) is 6.07 Å². The van der Waals surface area contributed by atoms with E-state index in [9.17, 15) is 9.59 Å². The number of carbonyl (C=O) groups excluding carboxylic acids is 2. The second-order valence-electron chi connectivity index (χ2n) is 5.63. The van der Waals surface area contributed by atoms with Crippen LogP contribution >= 0.6 is 11.6 Å². The molecule has 2 amide bonds. The fourth-order valence-electron chi connectivity index (χ4n) is 2.46. The van der Waals surface area contributed by atoms with E-state index in [1.165, 1.54) is 0 Å². The van der Waals surface area contributed by atoms with Crippen LogP contribution in [0.2, 0.25) is 5.02 Å². The van der Waals surface area contributed by atoms with E-state index in [1.807, 2.05) is 41.8 Å². The van der Waals surface area contributed by atoms with Gasteiger partial charge < -0.3 is 9.80 Å². The number of hydrogen-bond donors (Lipinski definition) is 0. The van der Waals surface area contributed by atoms with E-state index in [-0.39, 0.29) is 17.7 Å². The van der Waals surface area contributed by atoms with Gasteiger partial charge in [-0.2, -0.15) is 0 Å². The Hall–Kier alpha value is -1.55. The summed E-state index contributed by atoms with van der Waals surface area (Å²) in [5.74, 6) is 0.239. The largest absolute Gasteiger partial charge is 0.339 e. The summed E-state index contributed by atoms with van der Waals surface area (Å²) in [6.45, 7) is 6.23. The molecule has 0 N–H and O–H groups in total. The maximum Gasteiger partial charge on any atom is 0.227 e. The summed E-state index contributed by atoms with van der Waals surface area (Å²) >= 11 is 6.08. The van der Waals surface area contributed by atoms with Crippen molar-refractivity contribution >= 4 is 23.4 Å². The minimum absolute atomic E-state index is 0.00961. The molecule has 5 heteroatoms. The van der Waals surface area contributed by atoms with Gasteiger partial charge in [0.1, 0.15) is 0 Å². The first-order valence-electron chi connectivity index (χ1n) is 7.29. The van der Waals surface area contributed by atoms with E-state index in [0.717, 1.165) is 5.56 Å². The van der Waals surface area contributed by atoms with Crippen LogP contribution < -0.4 is 0 Å². The van der Waals surface area contributed by atoms with Crippen molar-refractivity contribution in [3.8, 4) is 0 Å². The third-order valence-electron chi connectivity index (χ3n) is 3.74. The fourth-order valence-corrected chi connectivity index (χ4v) is 2.66. The summed E-state index contributed by atoms with van der Waals surface area (Å²) in [4.78, 5) is 27.9. The zero-order valence-corrected chi connectivity index (χ0v) is 13.3. The molecule has 1 aliphatic rings. The van der Waals surface area contributed by atoms with E-state index in [4.69, 9.17) is 11.6 Å². The van der Waals surface area contributed by atoms with E-state index in [2.05, 4.69) is 0 Å². The number of carbonyl (C=O) groups is 2. The Labute approximate surface area is 130 Å². The third kappa shape index (κ3) is 3.97. The van der Waals surface area contributed by atoms with Crippen molar-refractivity contribution in [3.05, 3.63) is 34.9 Å². The molecule has 1 aromatic rings. The molecule has 1 heterocycles. The molecule has 0 unspecified atom stereocenters. The molecule has 0 atom stereocenters. The summed E-state index contributed by atoms with van der Waals surface area (Å²) in [7, 11) is 0. The molecule has 1 aromatic carbocycles. The number of piperazine rings is 1. The van der Waals surface area contributed by atoms with Crippen LogP contribution in [0.5, 0.6) is 0 Å². The second kappa shape index (κ2) is 6.94. The highest BCUT2D eigenvalue weighted by molar-refractivity contribution is 6.31. The highest BCUT2D eigenvalue weighted by Crippen LogP contribution is 2.17. The van der Waals surface area contributed by atoms with Crippen molar-refractivity contribution in [1.29, 1.82) is 0 Å². The third-order valence-corrected chi connectivity index (χ3v) is 4.11. The van der Waals surface area contributed by atoms with Gasteiger partial charge in [0, 0.05) is 37.1 Å². The van der Waals surface area contributed by atoms with Gasteiger partial charge >= 0.3 is 0 Å². The molecule has 0 radical (unpaired) electrons. The van der Waals surface area contributed by atoms with E-state index < -0.39 is 0 Å².